The molecule has 1 fully saturated rings. The Morgan fingerprint density at radius 2 is 1.86 bits per heavy atom. The maximum Gasteiger partial charge on any atom is 0.410 e. The number of rotatable bonds is 7. The number of aryl methyl sites for hydroxylation is 1. The highest BCUT2D eigenvalue weighted by molar-refractivity contribution is 5.92. The van der Waals surface area contributed by atoms with Gasteiger partial charge in [0.1, 0.15) is 29.5 Å². The van der Waals surface area contributed by atoms with Crippen molar-refractivity contribution in [2.24, 2.45) is 5.92 Å². The van der Waals surface area contributed by atoms with Gasteiger partial charge >= 0.3 is 6.09 Å². The Balaban J connectivity index is 1.45. The van der Waals surface area contributed by atoms with Crippen molar-refractivity contribution < 1.29 is 23.9 Å². The maximum absolute atomic E-state index is 13.3. The number of nitrogen functional groups attached to an aromatic ring is 1. The predicted octanol–water partition coefficient (Wildman–Crippen LogP) is 4.17. The van der Waals surface area contributed by atoms with Gasteiger partial charge in [0.15, 0.2) is 11.9 Å². The summed E-state index contributed by atoms with van der Waals surface area (Å²) in [6, 6.07) is 6.95. The smallest absolute Gasteiger partial charge is 0.410 e. The Morgan fingerprint density at radius 3 is 2.50 bits per heavy atom. The van der Waals surface area contributed by atoms with Gasteiger partial charge in [-0.3, -0.25) is 9.59 Å². The SMILES string of the molecule is CO/C(=C(/C1=CCN(C(=O)C2CN(C(=O)OC(C)(C)C)C2)CC1)c1ccccc1C=O)C(C)n1nc(C)c2c(N)ncnc21. The number of aldehydes is 1. The Labute approximate surface area is 256 Å². The molecule has 2 aliphatic rings. The van der Waals surface area contributed by atoms with E-state index in [9.17, 15) is 14.4 Å². The molecule has 2 aromatic heterocycles. The summed E-state index contributed by atoms with van der Waals surface area (Å²) in [5.74, 6) is 0.693. The topological polar surface area (TPSA) is 146 Å². The molecule has 2 aliphatic heterocycles. The molecule has 4 heterocycles. The molecule has 0 aliphatic carbocycles. The molecule has 44 heavy (non-hydrogen) atoms. The third kappa shape index (κ3) is 5.88. The van der Waals surface area contributed by atoms with E-state index in [0.29, 0.717) is 66.5 Å². The van der Waals surface area contributed by atoms with Gasteiger partial charge in [-0.25, -0.2) is 19.4 Å². The van der Waals surface area contributed by atoms with Crippen LogP contribution in [-0.2, 0) is 14.3 Å². The molecule has 1 atom stereocenters. The van der Waals surface area contributed by atoms with Gasteiger partial charge in [0.25, 0.3) is 0 Å². The number of methoxy groups -OCH3 is 1. The van der Waals surface area contributed by atoms with Gasteiger partial charge in [0, 0.05) is 37.3 Å². The lowest BCUT2D eigenvalue weighted by Crippen LogP contribution is -2.57. The molecule has 1 saturated heterocycles. The van der Waals surface area contributed by atoms with Crippen molar-refractivity contribution in [2.75, 3.05) is 39.0 Å². The number of nitrogens with two attached hydrogens (primary N) is 1. The van der Waals surface area contributed by atoms with Crippen LogP contribution >= 0.6 is 0 Å². The fraction of sp³-hybridized carbons (Fsp3) is 0.438. The van der Waals surface area contributed by atoms with E-state index in [2.05, 4.69) is 9.97 Å². The van der Waals surface area contributed by atoms with Crippen LogP contribution in [0.2, 0.25) is 0 Å². The molecule has 2 N–H and O–H groups in total. The molecular weight excluding hydrogens is 562 g/mol. The van der Waals surface area contributed by atoms with E-state index in [1.807, 2.05) is 63.8 Å². The van der Waals surface area contributed by atoms with Gasteiger partial charge in [0.2, 0.25) is 5.91 Å². The fourth-order valence-corrected chi connectivity index (χ4v) is 5.79. The van der Waals surface area contributed by atoms with E-state index < -0.39 is 17.7 Å². The molecule has 1 unspecified atom stereocenters. The molecule has 1 aromatic carbocycles. The van der Waals surface area contributed by atoms with Crippen molar-refractivity contribution in [3.05, 3.63) is 64.8 Å². The molecule has 0 radical (unpaired) electrons. The van der Waals surface area contributed by atoms with Crippen molar-refractivity contribution >= 4 is 40.7 Å². The van der Waals surface area contributed by atoms with E-state index in [-0.39, 0.29) is 11.8 Å². The zero-order valence-electron chi connectivity index (χ0n) is 26.0. The minimum atomic E-state index is -0.586. The third-order valence-electron chi connectivity index (χ3n) is 7.99. The number of amides is 2. The average molecular weight is 602 g/mol. The lowest BCUT2D eigenvalue weighted by atomic mass is 9.88. The molecule has 0 saturated carbocycles. The Bertz CT molecular complexity index is 1660. The first kappa shape index (κ1) is 30.7. The standard InChI is InChI=1S/C32H39N7O5/c1-19-25-28(33)34-18-35-29(25)39(36-19)20(2)27(43-6)26(24-10-8-7-9-22(24)17-40)21-11-13-37(14-12-21)30(41)23-15-38(16-23)31(42)44-32(3,4)5/h7-11,17-18,20,23H,12-16H2,1-6H3,(H2,33,34,35)/b27-26-. The van der Waals surface area contributed by atoms with E-state index >= 15 is 0 Å². The molecule has 5 rings (SSSR count). The number of hydrogen-bond acceptors (Lipinski definition) is 9. The third-order valence-corrected chi connectivity index (χ3v) is 7.99. The lowest BCUT2D eigenvalue weighted by Gasteiger charge is -2.41. The van der Waals surface area contributed by atoms with Crippen LogP contribution in [0.1, 0.15) is 61.8 Å². The molecule has 12 nitrogen and oxygen atoms in total. The van der Waals surface area contributed by atoms with Crippen LogP contribution in [0.25, 0.3) is 16.6 Å². The Morgan fingerprint density at radius 1 is 1.14 bits per heavy atom. The molecule has 2 amide bonds. The Kier molecular flexibility index (Phi) is 8.44. The van der Waals surface area contributed by atoms with Crippen LogP contribution in [-0.4, -0.2) is 86.7 Å². The van der Waals surface area contributed by atoms with Crippen LogP contribution in [0.4, 0.5) is 10.6 Å². The highest BCUT2D eigenvalue weighted by atomic mass is 16.6. The highest BCUT2D eigenvalue weighted by Gasteiger charge is 2.40. The average Bonchev–Trinajstić information content (AvgIpc) is 3.31. The number of likely N-dealkylation sites (tertiary alicyclic amines) is 1. The zero-order chi connectivity index (χ0) is 31.8. The summed E-state index contributed by atoms with van der Waals surface area (Å²) < 4.78 is 13.3. The number of carbonyl (C=O) groups is 3. The summed E-state index contributed by atoms with van der Waals surface area (Å²) in [6.45, 7) is 10.8. The first-order valence-electron chi connectivity index (χ1n) is 14.7. The lowest BCUT2D eigenvalue weighted by molar-refractivity contribution is -0.140. The second-order valence-corrected chi connectivity index (χ2v) is 12.2. The first-order chi connectivity index (χ1) is 20.9. The second kappa shape index (κ2) is 12.1. The van der Waals surface area contributed by atoms with Crippen molar-refractivity contribution in [2.45, 2.75) is 52.7 Å². The van der Waals surface area contributed by atoms with Gasteiger partial charge in [-0.15, -0.1) is 0 Å². The van der Waals surface area contributed by atoms with E-state index in [0.717, 1.165) is 23.0 Å². The summed E-state index contributed by atoms with van der Waals surface area (Å²) in [6.07, 6.45) is 4.40. The first-order valence-corrected chi connectivity index (χ1v) is 14.7. The molecule has 0 spiro atoms. The van der Waals surface area contributed by atoms with Crippen LogP contribution in [0, 0.1) is 12.8 Å². The van der Waals surface area contributed by atoms with Gasteiger partial charge in [0.05, 0.1) is 24.1 Å². The van der Waals surface area contributed by atoms with Crippen LogP contribution in [0.3, 0.4) is 0 Å². The number of hydrogen-bond donors (Lipinski definition) is 1. The number of aromatic nitrogens is 4. The number of allylic oxidation sites excluding steroid dienone is 2. The van der Waals surface area contributed by atoms with Crippen LogP contribution in [0.5, 0.6) is 0 Å². The number of anilines is 1. The van der Waals surface area contributed by atoms with Gasteiger partial charge in [-0.1, -0.05) is 30.3 Å². The van der Waals surface area contributed by atoms with Gasteiger partial charge < -0.3 is 25.0 Å². The molecular formula is C32H39N7O5. The van der Waals surface area contributed by atoms with E-state index in [1.54, 1.807) is 22.8 Å². The minimum absolute atomic E-state index is 0.00928. The highest BCUT2D eigenvalue weighted by Crippen LogP contribution is 2.38. The van der Waals surface area contributed by atoms with Gasteiger partial charge in [-0.2, -0.15) is 5.10 Å². The van der Waals surface area contributed by atoms with Crippen molar-refractivity contribution in [1.29, 1.82) is 0 Å². The molecule has 0 bridgehead atoms. The quantitative estimate of drug-likeness (QED) is 0.311. The number of nitrogens with zero attached hydrogens (tertiary/aromatic N) is 6. The summed E-state index contributed by atoms with van der Waals surface area (Å²) in [5, 5.41) is 5.41. The number of benzene rings is 1. The molecule has 3 aromatic rings. The Hall–Kier alpha value is -4.74. The molecule has 12 heteroatoms. The van der Waals surface area contributed by atoms with Crippen LogP contribution in [0.15, 0.2) is 48.0 Å². The predicted molar refractivity (Wildman–Crippen MR) is 166 cm³/mol. The number of carbonyl (C=O) groups excluding carboxylic acids is 3. The van der Waals surface area contributed by atoms with E-state index in [1.165, 1.54) is 6.33 Å². The number of fused-ring (bicyclic) bond motifs is 1. The fourth-order valence-electron chi connectivity index (χ4n) is 5.79. The summed E-state index contributed by atoms with van der Waals surface area (Å²) in [7, 11) is 1.60. The van der Waals surface area contributed by atoms with Gasteiger partial charge in [-0.05, 0) is 52.2 Å². The second-order valence-electron chi connectivity index (χ2n) is 12.2. The molecule has 232 valence electrons. The normalized spacial score (nSPS) is 17.0. The summed E-state index contributed by atoms with van der Waals surface area (Å²) >= 11 is 0. The zero-order valence-corrected chi connectivity index (χ0v) is 26.0. The van der Waals surface area contributed by atoms with Crippen molar-refractivity contribution in [1.82, 2.24) is 29.5 Å². The largest absolute Gasteiger partial charge is 0.498 e. The number of ether oxygens (including phenoxy) is 2. The van der Waals surface area contributed by atoms with E-state index in [4.69, 9.17) is 20.3 Å². The monoisotopic (exact) mass is 601 g/mol. The van der Waals surface area contributed by atoms with Crippen molar-refractivity contribution in [3.63, 3.8) is 0 Å². The maximum atomic E-state index is 13.3. The van der Waals surface area contributed by atoms with Crippen LogP contribution < -0.4 is 5.73 Å². The minimum Gasteiger partial charge on any atom is -0.498 e. The summed E-state index contributed by atoms with van der Waals surface area (Å²) in [4.78, 5) is 49.8. The van der Waals surface area contributed by atoms with Crippen molar-refractivity contribution in [3.8, 4) is 0 Å². The summed E-state index contributed by atoms with van der Waals surface area (Å²) in [5.41, 5.74) is 9.82.